The van der Waals surface area contributed by atoms with Crippen LogP contribution in [0.15, 0.2) is 6.20 Å². The SMILES string of the molecule is CC(N)c1cnc(N(C)C(C)C(C)(C)C)s1. The molecule has 2 N–H and O–H groups in total. The molecule has 2 unspecified atom stereocenters. The van der Waals surface area contributed by atoms with E-state index in [4.69, 9.17) is 5.73 Å². The summed E-state index contributed by atoms with van der Waals surface area (Å²) in [6.07, 6.45) is 1.89. The minimum Gasteiger partial charge on any atom is -0.348 e. The van der Waals surface area contributed by atoms with Gasteiger partial charge >= 0.3 is 0 Å². The standard InChI is InChI=1S/C12H23N3S/c1-8(13)10-7-14-11(16-10)15(6)9(2)12(3,4)5/h7-9H,13H2,1-6H3. The number of aromatic nitrogens is 1. The molecule has 0 aliphatic rings. The second-order valence-corrected chi connectivity index (χ2v) is 6.53. The van der Waals surface area contributed by atoms with Crippen molar-refractivity contribution in [3.8, 4) is 0 Å². The minimum absolute atomic E-state index is 0.0737. The Morgan fingerprint density at radius 2 is 1.94 bits per heavy atom. The average molecular weight is 241 g/mol. The molecule has 0 saturated heterocycles. The summed E-state index contributed by atoms with van der Waals surface area (Å²) in [5.74, 6) is 0. The maximum atomic E-state index is 5.84. The highest BCUT2D eigenvalue weighted by Gasteiger charge is 2.25. The molecule has 0 spiro atoms. The normalized spacial score (nSPS) is 15.9. The van der Waals surface area contributed by atoms with E-state index in [-0.39, 0.29) is 11.5 Å². The molecule has 2 atom stereocenters. The molecule has 0 bridgehead atoms. The van der Waals surface area contributed by atoms with Crippen LogP contribution in [0, 0.1) is 5.41 Å². The monoisotopic (exact) mass is 241 g/mol. The molecule has 0 fully saturated rings. The van der Waals surface area contributed by atoms with Gasteiger partial charge in [0.2, 0.25) is 0 Å². The molecule has 3 nitrogen and oxygen atoms in total. The van der Waals surface area contributed by atoms with E-state index in [0.717, 1.165) is 10.0 Å². The first-order valence-electron chi connectivity index (χ1n) is 5.67. The number of nitrogens with zero attached hydrogens (tertiary/aromatic N) is 2. The Labute approximate surface area is 103 Å². The number of hydrogen-bond acceptors (Lipinski definition) is 4. The third kappa shape index (κ3) is 2.95. The lowest BCUT2D eigenvalue weighted by Gasteiger charge is -2.35. The van der Waals surface area contributed by atoms with Crippen LogP contribution in [0.2, 0.25) is 0 Å². The van der Waals surface area contributed by atoms with Gasteiger partial charge in [-0.25, -0.2) is 4.98 Å². The predicted octanol–water partition coefficient (Wildman–Crippen LogP) is 3.03. The molecule has 0 amide bonds. The molecule has 0 saturated carbocycles. The first-order valence-corrected chi connectivity index (χ1v) is 6.49. The molecule has 4 heteroatoms. The third-order valence-electron chi connectivity index (χ3n) is 3.10. The number of nitrogens with two attached hydrogens (primary N) is 1. The highest BCUT2D eigenvalue weighted by molar-refractivity contribution is 7.15. The van der Waals surface area contributed by atoms with Gasteiger partial charge in [0, 0.05) is 30.2 Å². The molecule has 1 aromatic heterocycles. The van der Waals surface area contributed by atoms with E-state index in [9.17, 15) is 0 Å². The Morgan fingerprint density at radius 1 is 1.38 bits per heavy atom. The Kier molecular flexibility index (Phi) is 3.97. The number of rotatable bonds is 3. The molecule has 0 aliphatic heterocycles. The molecule has 1 aromatic rings. The van der Waals surface area contributed by atoms with E-state index in [1.54, 1.807) is 11.3 Å². The van der Waals surface area contributed by atoms with Crippen LogP contribution in [-0.4, -0.2) is 18.1 Å². The quantitative estimate of drug-likeness (QED) is 0.884. The van der Waals surface area contributed by atoms with Crippen LogP contribution in [0.25, 0.3) is 0 Å². The first kappa shape index (κ1) is 13.5. The largest absolute Gasteiger partial charge is 0.348 e. The van der Waals surface area contributed by atoms with Crippen molar-refractivity contribution >= 4 is 16.5 Å². The fourth-order valence-electron chi connectivity index (χ4n) is 1.40. The Morgan fingerprint density at radius 3 is 2.31 bits per heavy atom. The van der Waals surface area contributed by atoms with Crippen LogP contribution in [0.5, 0.6) is 0 Å². The van der Waals surface area contributed by atoms with Crippen LogP contribution in [0.1, 0.15) is 45.5 Å². The van der Waals surface area contributed by atoms with E-state index in [2.05, 4.69) is 44.6 Å². The zero-order valence-corrected chi connectivity index (χ0v) is 11.9. The van der Waals surface area contributed by atoms with Crippen LogP contribution in [-0.2, 0) is 0 Å². The van der Waals surface area contributed by atoms with Crippen LogP contribution < -0.4 is 10.6 Å². The average Bonchev–Trinajstić information content (AvgIpc) is 2.62. The molecule has 92 valence electrons. The second-order valence-electron chi connectivity index (χ2n) is 5.49. The highest BCUT2D eigenvalue weighted by atomic mass is 32.1. The van der Waals surface area contributed by atoms with Crippen LogP contribution in [0.4, 0.5) is 5.13 Å². The van der Waals surface area contributed by atoms with Gasteiger partial charge in [-0.15, -0.1) is 11.3 Å². The van der Waals surface area contributed by atoms with Crippen molar-refractivity contribution in [2.75, 3.05) is 11.9 Å². The van der Waals surface area contributed by atoms with Crippen molar-refractivity contribution in [1.29, 1.82) is 0 Å². The lowest BCUT2D eigenvalue weighted by atomic mass is 9.87. The lowest BCUT2D eigenvalue weighted by Crippen LogP contribution is -2.39. The van der Waals surface area contributed by atoms with E-state index >= 15 is 0 Å². The molecule has 0 aliphatic carbocycles. The molecule has 0 aromatic carbocycles. The first-order chi connectivity index (χ1) is 7.23. The fraction of sp³-hybridized carbons (Fsp3) is 0.750. The smallest absolute Gasteiger partial charge is 0.185 e. The van der Waals surface area contributed by atoms with Crippen molar-refractivity contribution in [2.24, 2.45) is 11.1 Å². The van der Waals surface area contributed by atoms with Crippen LogP contribution in [0.3, 0.4) is 0 Å². The van der Waals surface area contributed by atoms with Crippen molar-refractivity contribution < 1.29 is 0 Å². The van der Waals surface area contributed by atoms with Gasteiger partial charge in [0.05, 0.1) is 0 Å². The summed E-state index contributed by atoms with van der Waals surface area (Å²) in [6, 6.07) is 0.518. The maximum Gasteiger partial charge on any atom is 0.185 e. The van der Waals surface area contributed by atoms with Gasteiger partial charge in [-0.05, 0) is 19.3 Å². The van der Waals surface area contributed by atoms with E-state index in [1.165, 1.54) is 0 Å². The van der Waals surface area contributed by atoms with Gasteiger partial charge in [0.15, 0.2) is 5.13 Å². The number of thiazole rings is 1. The van der Waals surface area contributed by atoms with Gasteiger partial charge in [0.25, 0.3) is 0 Å². The predicted molar refractivity (Wildman–Crippen MR) is 72.0 cm³/mol. The molecule has 1 rings (SSSR count). The number of hydrogen-bond donors (Lipinski definition) is 1. The summed E-state index contributed by atoms with van der Waals surface area (Å²) in [5.41, 5.74) is 6.09. The zero-order valence-electron chi connectivity index (χ0n) is 11.1. The molecule has 0 radical (unpaired) electrons. The summed E-state index contributed by atoms with van der Waals surface area (Å²) in [6.45, 7) is 11.0. The summed E-state index contributed by atoms with van der Waals surface area (Å²) in [4.78, 5) is 7.81. The van der Waals surface area contributed by atoms with E-state index in [1.807, 2.05) is 13.1 Å². The van der Waals surface area contributed by atoms with Crippen molar-refractivity contribution in [1.82, 2.24) is 4.98 Å². The van der Waals surface area contributed by atoms with Crippen molar-refractivity contribution in [3.63, 3.8) is 0 Å². The maximum absolute atomic E-state index is 5.84. The van der Waals surface area contributed by atoms with Gasteiger partial charge in [-0.3, -0.25) is 0 Å². The zero-order chi connectivity index (χ0) is 12.5. The Balaban J connectivity index is 2.84. The van der Waals surface area contributed by atoms with Crippen LogP contribution >= 0.6 is 11.3 Å². The molecular weight excluding hydrogens is 218 g/mol. The number of anilines is 1. The highest BCUT2D eigenvalue weighted by Crippen LogP contribution is 2.31. The summed E-state index contributed by atoms with van der Waals surface area (Å²) in [7, 11) is 2.10. The topological polar surface area (TPSA) is 42.1 Å². The lowest BCUT2D eigenvalue weighted by molar-refractivity contribution is 0.329. The van der Waals surface area contributed by atoms with Gasteiger partial charge in [0.1, 0.15) is 0 Å². The van der Waals surface area contributed by atoms with Gasteiger partial charge in [-0.2, -0.15) is 0 Å². The van der Waals surface area contributed by atoms with Crippen molar-refractivity contribution in [2.45, 2.75) is 46.7 Å². The summed E-state index contributed by atoms with van der Waals surface area (Å²) < 4.78 is 0. The third-order valence-corrected chi connectivity index (χ3v) is 4.39. The summed E-state index contributed by atoms with van der Waals surface area (Å²) >= 11 is 1.68. The van der Waals surface area contributed by atoms with Crippen molar-refractivity contribution in [3.05, 3.63) is 11.1 Å². The molecule has 1 heterocycles. The van der Waals surface area contributed by atoms with E-state index in [0.29, 0.717) is 6.04 Å². The molecular formula is C12H23N3S. The minimum atomic E-state index is 0.0737. The second kappa shape index (κ2) is 4.72. The fourth-order valence-corrected chi connectivity index (χ4v) is 2.31. The van der Waals surface area contributed by atoms with Gasteiger partial charge < -0.3 is 10.6 Å². The Bertz CT molecular complexity index is 338. The van der Waals surface area contributed by atoms with Gasteiger partial charge in [-0.1, -0.05) is 20.8 Å². The van der Waals surface area contributed by atoms with E-state index < -0.39 is 0 Å². The summed E-state index contributed by atoms with van der Waals surface area (Å²) in [5, 5.41) is 1.05. The molecule has 16 heavy (non-hydrogen) atoms. The Hall–Kier alpha value is -0.610.